The van der Waals surface area contributed by atoms with Crippen LogP contribution in [0.15, 0.2) is 17.1 Å². The van der Waals surface area contributed by atoms with Crippen LogP contribution in [-0.4, -0.2) is 6.08 Å². The largest absolute Gasteiger partial charge is 0.388 e. The van der Waals surface area contributed by atoms with Gasteiger partial charge in [-0.25, -0.2) is 4.79 Å². The summed E-state index contributed by atoms with van der Waals surface area (Å²) < 4.78 is 4.69. The van der Waals surface area contributed by atoms with Gasteiger partial charge >= 0.3 is 0 Å². The van der Waals surface area contributed by atoms with Crippen LogP contribution in [0.25, 0.3) is 0 Å². The first-order valence-electron chi connectivity index (χ1n) is 3.94. The van der Waals surface area contributed by atoms with Gasteiger partial charge < -0.3 is 4.74 Å². The molecule has 4 nitrogen and oxygen atoms in total. The Morgan fingerprint density at radius 3 is 2.71 bits per heavy atom. The summed E-state index contributed by atoms with van der Waals surface area (Å²) in [5.74, 6) is 0.409. The first kappa shape index (κ1) is 9.97. The van der Waals surface area contributed by atoms with E-state index in [0.29, 0.717) is 17.0 Å². The molecule has 1 rings (SSSR count). The van der Waals surface area contributed by atoms with E-state index in [-0.39, 0.29) is 0 Å². The molecule has 0 saturated carbocycles. The van der Waals surface area contributed by atoms with Crippen molar-refractivity contribution in [1.29, 1.82) is 5.26 Å². The van der Waals surface area contributed by atoms with Crippen LogP contribution in [0.4, 0.5) is 5.69 Å². The number of benzene rings is 1. The molecule has 0 N–H and O–H groups in total. The van der Waals surface area contributed by atoms with E-state index in [1.165, 1.54) is 6.08 Å². The maximum Gasteiger partial charge on any atom is 0.292 e. The summed E-state index contributed by atoms with van der Waals surface area (Å²) in [4.78, 5) is 13.7. The van der Waals surface area contributed by atoms with Gasteiger partial charge in [0.2, 0.25) is 6.08 Å². The second-order valence-electron chi connectivity index (χ2n) is 2.75. The van der Waals surface area contributed by atoms with Crippen molar-refractivity contribution >= 4 is 11.8 Å². The van der Waals surface area contributed by atoms with E-state index in [1.807, 2.05) is 6.92 Å². The van der Waals surface area contributed by atoms with E-state index < -0.39 is 0 Å². The van der Waals surface area contributed by atoms with E-state index in [9.17, 15) is 4.79 Å². The first-order valence-corrected chi connectivity index (χ1v) is 3.94. The smallest absolute Gasteiger partial charge is 0.292 e. The average molecular weight is 188 g/mol. The third kappa shape index (κ3) is 1.79. The monoisotopic (exact) mass is 188 g/mol. The highest BCUT2D eigenvalue weighted by atomic mass is 16.5. The minimum absolute atomic E-state index is 0.409. The highest BCUT2D eigenvalue weighted by molar-refractivity contribution is 5.62. The van der Waals surface area contributed by atoms with E-state index in [1.54, 1.807) is 25.3 Å². The summed E-state index contributed by atoms with van der Waals surface area (Å²) in [6.45, 7) is 3.55. The van der Waals surface area contributed by atoms with Gasteiger partial charge in [-0.2, -0.15) is 4.99 Å². The zero-order chi connectivity index (χ0) is 10.6. The molecule has 0 aliphatic rings. The molecule has 0 aliphatic heterocycles. The number of isocyanates is 1. The molecule has 0 heterocycles. The predicted octanol–water partition coefficient (Wildman–Crippen LogP) is 2.13. The zero-order valence-corrected chi connectivity index (χ0v) is 7.87. The van der Waals surface area contributed by atoms with Gasteiger partial charge in [0.15, 0.2) is 0 Å². The van der Waals surface area contributed by atoms with Crippen molar-refractivity contribution in [2.45, 2.75) is 13.8 Å². The van der Waals surface area contributed by atoms with Crippen molar-refractivity contribution in [2.24, 2.45) is 4.99 Å². The zero-order valence-electron chi connectivity index (χ0n) is 7.87. The summed E-state index contributed by atoms with van der Waals surface area (Å²) >= 11 is 0. The Balaban J connectivity index is 3.34. The Bertz CT molecular complexity index is 440. The molecule has 0 fully saturated rings. The van der Waals surface area contributed by atoms with Crippen LogP contribution >= 0.6 is 0 Å². The van der Waals surface area contributed by atoms with E-state index in [4.69, 9.17) is 10.00 Å². The summed E-state index contributed by atoms with van der Waals surface area (Å²) in [6.07, 6.45) is 3.04. The van der Waals surface area contributed by atoms with Gasteiger partial charge in [-0.05, 0) is 25.5 Å². The molecule has 4 heteroatoms. The molecule has 0 radical (unpaired) electrons. The second-order valence-corrected chi connectivity index (χ2v) is 2.75. The van der Waals surface area contributed by atoms with Gasteiger partial charge in [0.05, 0.1) is 5.69 Å². The van der Waals surface area contributed by atoms with Crippen LogP contribution in [0, 0.1) is 25.4 Å². The number of aliphatic imine (C=N–C) groups is 1. The number of rotatable bonds is 2. The molecule has 0 aromatic heterocycles. The number of hydrogen-bond acceptors (Lipinski definition) is 4. The quantitative estimate of drug-likeness (QED) is 0.405. The van der Waals surface area contributed by atoms with Crippen molar-refractivity contribution in [3.63, 3.8) is 0 Å². The van der Waals surface area contributed by atoms with Gasteiger partial charge in [-0.15, -0.1) is 5.26 Å². The molecule has 70 valence electrons. The van der Waals surface area contributed by atoms with Crippen LogP contribution in [0.5, 0.6) is 5.75 Å². The van der Waals surface area contributed by atoms with E-state index in [0.717, 1.165) is 5.56 Å². The molecule has 0 atom stereocenters. The molecular formula is C10H8N2O2. The minimum atomic E-state index is 0.409. The Labute approximate surface area is 81.5 Å². The van der Waals surface area contributed by atoms with Crippen LogP contribution in [0.1, 0.15) is 11.1 Å². The Hall–Kier alpha value is -2.11. The normalized spacial score (nSPS) is 8.64. The molecule has 0 spiro atoms. The molecule has 0 saturated heterocycles. The lowest BCUT2D eigenvalue weighted by Gasteiger charge is -2.06. The maximum absolute atomic E-state index is 10.2. The molecular weight excluding hydrogens is 180 g/mol. The van der Waals surface area contributed by atoms with Crippen molar-refractivity contribution in [1.82, 2.24) is 0 Å². The van der Waals surface area contributed by atoms with Crippen molar-refractivity contribution < 1.29 is 9.53 Å². The highest BCUT2D eigenvalue weighted by Crippen LogP contribution is 2.30. The van der Waals surface area contributed by atoms with Crippen LogP contribution in [0.2, 0.25) is 0 Å². The number of carbonyl (C=O) groups excluding carboxylic acids is 1. The molecule has 0 unspecified atom stereocenters. The maximum atomic E-state index is 10.2. The number of aryl methyl sites for hydroxylation is 1. The standard InChI is InChI=1S/C10H8N2O2/c1-7-3-4-9(14-5-11)8(2)10(7)12-6-13/h3-4H,1-2H3. The Morgan fingerprint density at radius 1 is 1.43 bits per heavy atom. The summed E-state index contributed by atoms with van der Waals surface area (Å²) in [7, 11) is 0. The number of hydrogen-bond donors (Lipinski definition) is 0. The van der Waals surface area contributed by atoms with E-state index in [2.05, 4.69) is 4.99 Å². The summed E-state index contributed by atoms with van der Waals surface area (Å²) in [6, 6.07) is 3.40. The summed E-state index contributed by atoms with van der Waals surface area (Å²) in [5.41, 5.74) is 2.01. The number of nitriles is 1. The highest BCUT2D eigenvalue weighted by Gasteiger charge is 2.07. The molecule has 0 bridgehead atoms. The third-order valence-electron chi connectivity index (χ3n) is 1.90. The topological polar surface area (TPSA) is 62.4 Å². The van der Waals surface area contributed by atoms with Gasteiger partial charge in [0.25, 0.3) is 6.26 Å². The van der Waals surface area contributed by atoms with Crippen LogP contribution < -0.4 is 4.74 Å². The van der Waals surface area contributed by atoms with Crippen LogP contribution in [0.3, 0.4) is 0 Å². The van der Waals surface area contributed by atoms with Crippen molar-refractivity contribution in [3.8, 4) is 12.0 Å². The third-order valence-corrected chi connectivity index (χ3v) is 1.90. The fourth-order valence-electron chi connectivity index (χ4n) is 1.19. The fraction of sp³-hybridized carbons (Fsp3) is 0.200. The lowest BCUT2D eigenvalue weighted by molar-refractivity contribution is 0.503. The summed E-state index contributed by atoms with van der Waals surface area (Å²) in [5, 5.41) is 8.35. The first-order chi connectivity index (χ1) is 6.70. The Morgan fingerprint density at radius 2 is 2.14 bits per heavy atom. The minimum Gasteiger partial charge on any atom is -0.388 e. The molecule has 14 heavy (non-hydrogen) atoms. The van der Waals surface area contributed by atoms with Gasteiger partial charge in [0.1, 0.15) is 5.75 Å². The van der Waals surface area contributed by atoms with Crippen molar-refractivity contribution in [3.05, 3.63) is 23.3 Å². The second kappa shape index (κ2) is 4.22. The molecule has 0 amide bonds. The fourth-order valence-corrected chi connectivity index (χ4v) is 1.19. The number of ether oxygens (including phenoxy) is 1. The van der Waals surface area contributed by atoms with Gasteiger partial charge in [-0.1, -0.05) is 6.07 Å². The molecule has 1 aromatic rings. The van der Waals surface area contributed by atoms with E-state index >= 15 is 0 Å². The lowest BCUT2D eigenvalue weighted by Crippen LogP contribution is -1.88. The van der Waals surface area contributed by atoms with Crippen molar-refractivity contribution in [2.75, 3.05) is 0 Å². The van der Waals surface area contributed by atoms with Crippen LogP contribution in [-0.2, 0) is 4.79 Å². The van der Waals surface area contributed by atoms with Gasteiger partial charge in [0, 0.05) is 5.56 Å². The Kier molecular flexibility index (Phi) is 3.01. The predicted molar refractivity (Wildman–Crippen MR) is 49.9 cm³/mol. The SMILES string of the molecule is Cc1ccc(OC#N)c(C)c1N=C=O. The average Bonchev–Trinajstić information content (AvgIpc) is 2.17. The number of nitrogens with zero attached hydrogens (tertiary/aromatic N) is 2. The molecule has 0 aliphatic carbocycles. The molecule has 1 aromatic carbocycles. The van der Waals surface area contributed by atoms with Gasteiger partial charge in [-0.3, -0.25) is 0 Å². The lowest BCUT2D eigenvalue weighted by atomic mass is 10.1.